The van der Waals surface area contributed by atoms with E-state index in [2.05, 4.69) is 15.9 Å². The van der Waals surface area contributed by atoms with E-state index in [0.29, 0.717) is 0 Å². The van der Waals surface area contributed by atoms with Crippen molar-refractivity contribution in [2.75, 3.05) is 13.2 Å². The molecule has 0 saturated carbocycles. The standard InChI is InChI=1S/C11H14BrNO2S/c12-9-4-6-16-10(9)11(15)13-5-2-1-3-8(13)7-14/h4,6,8,14H,1-3,5,7H2. The van der Waals surface area contributed by atoms with Crippen molar-refractivity contribution < 1.29 is 9.90 Å². The van der Waals surface area contributed by atoms with Crippen LogP contribution in [0.15, 0.2) is 15.9 Å². The monoisotopic (exact) mass is 303 g/mol. The van der Waals surface area contributed by atoms with Crippen molar-refractivity contribution in [2.45, 2.75) is 25.3 Å². The normalized spacial score (nSPS) is 21.1. The second kappa shape index (κ2) is 5.29. The van der Waals surface area contributed by atoms with Crippen molar-refractivity contribution in [3.63, 3.8) is 0 Å². The maximum atomic E-state index is 12.2. The van der Waals surface area contributed by atoms with Crippen LogP contribution >= 0.6 is 27.3 Å². The molecule has 1 atom stereocenters. The lowest BCUT2D eigenvalue weighted by atomic mass is 10.0. The van der Waals surface area contributed by atoms with Crippen molar-refractivity contribution in [2.24, 2.45) is 0 Å². The van der Waals surface area contributed by atoms with Crippen LogP contribution in [0.25, 0.3) is 0 Å². The van der Waals surface area contributed by atoms with Crippen LogP contribution in [0.1, 0.15) is 28.9 Å². The third-order valence-corrected chi connectivity index (χ3v) is 4.74. The van der Waals surface area contributed by atoms with Gasteiger partial charge in [-0.15, -0.1) is 11.3 Å². The first-order valence-corrected chi connectivity index (χ1v) is 7.06. The lowest BCUT2D eigenvalue weighted by molar-refractivity contribution is 0.0507. The summed E-state index contributed by atoms with van der Waals surface area (Å²) in [5, 5.41) is 11.2. The highest BCUT2D eigenvalue weighted by Gasteiger charge is 2.28. The van der Waals surface area contributed by atoms with Gasteiger partial charge in [-0.25, -0.2) is 0 Å². The molecule has 0 radical (unpaired) electrons. The number of carbonyl (C=O) groups is 1. The van der Waals surface area contributed by atoms with Crippen LogP contribution in [0.4, 0.5) is 0 Å². The number of halogens is 1. The second-order valence-electron chi connectivity index (χ2n) is 3.93. The molecular formula is C11H14BrNO2S. The molecule has 1 N–H and O–H groups in total. The van der Waals surface area contributed by atoms with E-state index in [1.54, 1.807) is 4.90 Å². The van der Waals surface area contributed by atoms with Crippen LogP contribution in [0.2, 0.25) is 0 Å². The Kier molecular flexibility index (Phi) is 4.00. The van der Waals surface area contributed by atoms with Crippen molar-refractivity contribution in [1.82, 2.24) is 4.90 Å². The molecule has 1 saturated heterocycles. The topological polar surface area (TPSA) is 40.5 Å². The Labute approximate surface area is 107 Å². The summed E-state index contributed by atoms with van der Waals surface area (Å²) >= 11 is 4.82. The van der Waals surface area contributed by atoms with Gasteiger partial charge in [0.05, 0.1) is 12.6 Å². The van der Waals surface area contributed by atoms with Gasteiger partial charge in [0.15, 0.2) is 0 Å². The number of aliphatic hydroxyl groups excluding tert-OH is 1. The zero-order valence-electron chi connectivity index (χ0n) is 8.86. The largest absolute Gasteiger partial charge is 0.394 e. The average molecular weight is 304 g/mol. The van der Waals surface area contributed by atoms with Gasteiger partial charge in [0.25, 0.3) is 5.91 Å². The van der Waals surface area contributed by atoms with Gasteiger partial charge in [0.2, 0.25) is 0 Å². The highest BCUT2D eigenvalue weighted by Crippen LogP contribution is 2.27. The molecule has 3 nitrogen and oxygen atoms in total. The molecule has 16 heavy (non-hydrogen) atoms. The molecule has 0 aromatic carbocycles. The summed E-state index contributed by atoms with van der Waals surface area (Å²) in [6.45, 7) is 0.823. The number of nitrogens with zero attached hydrogens (tertiary/aromatic N) is 1. The van der Waals surface area contributed by atoms with Crippen molar-refractivity contribution in [3.05, 3.63) is 20.8 Å². The minimum absolute atomic E-state index is 0.00440. The van der Waals surface area contributed by atoms with E-state index < -0.39 is 0 Å². The second-order valence-corrected chi connectivity index (χ2v) is 5.70. The van der Waals surface area contributed by atoms with Gasteiger partial charge in [-0.1, -0.05) is 0 Å². The number of carbonyl (C=O) groups excluding carboxylic acids is 1. The van der Waals surface area contributed by atoms with Gasteiger partial charge >= 0.3 is 0 Å². The molecule has 1 unspecified atom stereocenters. The first-order valence-electron chi connectivity index (χ1n) is 5.39. The molecule has 1 aromatic heterocycles. The Bertz CT molecular complexity index is 380. The van der Waals surface area contributed by atoms with Gasteiger partial charge in [0.1, 0.15) is 4.88 Å². The van der Waals surface area contributed by atoms with Crippen molar-refractivity contribution >= 4 is 33.2 Å². The highest BCUT2D eigenvalue weighted by atomic mass is 79.9. The fraction of sp³-hybridized carbons (Fsp3) is 0.545. The Hall–Kier alpha value is -0.390. The maximum Gasteiger partial charge on any atom is 0.265 e. The lowest BCUT2D eigenvalue weighted by Gasteiger charge is -2.34. The number of amides is 1. The third kappa shape index (κ3) is 2.31. The summed E-state index contributed by atoms with van der Waals surface area (Å²) in [5.41, 5.74) is 0. The molecule has 2 rings (SSSR count). The maximum absolute atomic E-state index is 12.2. The molecule has 1 aliphatic heterocycles. The molecule has 0 spiro atoms. The van der Waals surface area contributed by atoms with Gasteiger partial charge < -0.3 is 10.0 Å². The molecule has 0 aliphatic carbocycles. The molecule has 2 heterocycles. The lowest BCUT2D eigenvalue weighted by Crippen LogP contribution is -2.45. The average Bonchev–Trinajstić information content (AvgIpc) is 2.74. The van der Waals surface area contributed by atoms with Crippen LogP contribution in [0, 0.1) is 0 Å². The predicted octanol–water partition coefficient (Wildman–Crippen LogP) is 2.50. The summed E-state index contributed by atoms with van der Waals surface area (Å²) in [6.07, 6.45) is 3.04. The Morgan fingerprint density at radius 2 is 2.44 bits per heavy atom. The molecular weight excluding hydrogens is 290 g/mol. The number of aliphatic hydroxyl groups is 1. The Morgan fingerprint density at radius 1 is 1.62 bits per heavy atom. The first-order chi connectivity index (χ1) is 7.74. The van der Waals surface area contributed by atoms with E-state index in [0.717, 1.165) is 35.2 Å². The van der Waals surface area contributed by atoms with Crippen LogP contribution in [0.3, 0.4) is 0 Å². The summed E-state index contributed by atoms with van der Waals surface area (Å²) in [6, 6.07) is 1.88. The Morgan fingerprint density at radius 3 is 3.06 bits per heavy atom. The van der Waals surface area contributed by atoms with E-state index in [-0.39, 0.29) is 18.6 Å². The molecule has 1 fully saturated rings. The number of likely N-dealkylation sites (tertiary alicyclic amines) is 1. The molecule has 1 aromatic rings. The van der Waals surface area contributed by atoms with Crippen molar-refractivity contribution in [3.8, 4) is 0 Å². The number of hydrogen-bond donors (Lipinski definition) is 1. The number of hydrogen-bond acceptors (Lipinski definition) is 3. The zero-order valence-corrected chi connectivity index (χ0v) is 11.3. The number of thiophene rings is 1. The first kappa shape index (κ1) is 12.1. The van der Waals surface area contributed by atoms with Crippen molar-refractivity contribution in [1.29, 1.82) is 0 Å². The van der Waals surface area contributed by atoms with Crippen LogP contribution < -0.4 is 0 Å². The summed E-state index contributed by atoms with van der Waals surface area (Å²) < 4.78 is 0.852. The van der Waals surface area contributed by atoms with E-state index in [4.69, 9.17) is 0 Å². The quantitative estimate of drug-likeness (QED) is 0.912. The summed E-state index contributed by atoms with van der Waals surface area (Å²) in [5.74, 6) is 0.0422. The summed E-state index contributed by atoms with van der Waals surface area (Å²) in [7, 11) is 0. The fourth-order valence-corrected chi connectivity index (χ4v) is 3.53. The van der Waals surface area contributed by atoms with Gasteiger partial charge in [0, 0.05) is 11.0 Å². The van der Waals surface area contributed by atoms with E-state index in [9.17, 15) is 9.90 Å². The fourth-order valence-electron chi connectivity index (χ4n) is 2.03. The number of piperidine rings is 1. The molecule has 1 amide bonds. The molecule has 88 valence electrons. The van der Waals surface area contributed by atoms with Gasteiger partial charge in [-0.3, -0.25) is 4.79 Å². The van der Waals surface area contributed by atoms with E-state index >= 15 is 0 Å². The van der Waals surface area contributed by atoms with Gasteiger partial charge in [-0.05, 0) is 46.6 Å². The van der Waals surface area contributed by atoms with Crippen LogP contribution in [0.5, 0.6) is 0 Å². The minimum Gasteiger partial charge on any atom is -0.394 e. The SMILES string of the molecule is O=C(c1sccc1Br)N1CCCCC1CO. The zero-order chi connectivity index (χ0) is 11.5. The van der Waals surface area contributed by atoms with E-state index in [1.165, 1.54) is 11.3 Å². The Balaban J connectivity index is 2.17. The highest BCUT2D eigenvalue weighted by molar-refractivity contribution is 9.10. The molecule has 5 heteroatoms. The molecule has 0 bridgehead atoms. The van der Waals surface area contributed by atoms with Gasteiger partial charge in [-0.2, -0.15) is 0 Å². The van der Waals surface area contributed by atoms with E-state index in [1.807, 2.05) is 11.4 Å². The third-order valence-electron chi connectivity index (χ3n) is 2.91. The predicted molar refractivity (Wildman–Crippen MR) is 67.8 cm³/mol. The minimum atomic E-state index is -0.00440. The summed E-state index contributed by atoms with van der Waals surface area (Å²) in [4.78, 5) is 14.8. The number of rotatable bonds is 2. The smallest absolute Gasteiger partial charge is 0.265 e. The van der Waals surface area contributed by atoms with Crippen LogP contribution in [-0.4, -0.2) is 35.1 Å². The molecule has 1 aliphatic rings. The van der Waals surface area contributed by atoms with Crippen LogP contribution in [-0.2, 0) is 0 Å².